The quantitative estimate of drug-likeness (QED) is 0.448. The van der Waals surface area contributed by atoms with E-state index in [1.807, 2.05) is 6.08 Å². The van der Waals surface area contributed by atoms with Crippen LogP contribution in [-0.4, -0.2) is 30.7 Å². The smallest absolute Gasteiger partial charge is 0.370 e. The fraction of sp³-hybridized carbons (Fsp3) is 0.455. The number of anilines is 1. The average Bonchev–Trinajstić information content (AvgIpc) is 3.37. The lowest BCUT2D eigenvalue weighted by Gasteiger charge is -2.25. The van der Waals surface area contributed by atoms with Crippen LogP contribution in [0.25, 0.3) is 0 Å². The molecule has 1 amide bonds. The number of allylic oxidation sites excluding steroid dienone is 1. The lowest BCUT2D eigenvalue weighted by molar-refractivity contribution is -0.142. The number of carbonyl (C=O) groups is 1. The molecule has 0 radical (unpaired) electrons. The summed E-state index contributed by atoms with van der Waals surface area (Å²) in [6, 6.07) is 1.81. The van der Waals surface area contributed by atoms with Crippen molar-refractivity contribution in [1.82, 2.24) is 5.32 Å². The van der Waals surface area contributed by atoms with E-state index in [1.165, 1.54) is 4.90 Å². The number of carbonyl (C=O) groups excluding carboxylic acids is 1. The summed E-state index contributed by atoms with van der Waals surface area (Å²) in [6.07, 6.45) is -1.13. The Hall–Kier alpha value is -2.61. The second-order valence-corrected chi connectivity index (χ2v) is 9.29. The number of amidine groups is 1. The van der Waals surface area contributed by atoms with Gasteiger partial charge in [0.1, 0.15) is 5.84 Å². The normalized spacial score (nSPS) is 26.5. The first-order valence-electron chi connectivity index (χ1n) is 10.2. The Labute approximate surface area is 190 Å². The van der Waals surface area contributed by atoms with Gasteiger partial charge in [0, 0.05) is 18.8 Å². The van der Waals surface area contributed by atoms with Crippen molar-refractivity contribution < 1.29 is 31.1 Å². The number of amides is 1. The van der Waals surface area contributed by atoms with Crippen molar-refractivity contribution in [2.75, 3.05) is 24.5 Å². The minimum atomic E-state index is -4.89. The summed E-state index contributed by atoms with van der Waals surface area (Å²) in [5.74, 6) is 3.19. The van der Waals surface area contributed by atoms with Crippen LogP contribution in [0.4, 0.5) is 36.8 Å². The summed E-state index contributed by atoms with van der Waals surface area (Å²) in [4.78, 5) is 17.8. The fourth-order valence-electron chi connectivity index (χ4n) is 4.79. The number of halogens is 6. The van der Waals surface area contributed by atoms with E-state index in [4.69, 9.17) is 6.42 Å². The molecule has 1 aromatic carbocycles. The van der Waals surface area contributed by atoms with Crippen LogP contribution < -0.4 is 10.2 Å². The van der Waals surface area contributed by atoms with E-state index < -0.39 is 23.5 Å². The third-order valence-electron chi connectivity index (χ3n) is 6.14. The molecule has 4 rings (SSSR count). The van der Waals surface area contributed by atoms with Crippen LogP contribution >= 0.6 is 11.8 Å². The van der Waals surface area contributed by atoms with Crippen LogP contribution in [-0.2, 0) is 12.4 Å². The van der Waals surface area contributed by atoms with Gasteiger partial charge >= 0.3 is 17.6 Å². The Morgan fingerprint density at radius 1 is 1.15 bits per heavy atom. The summed E-state index contributed by atoms with van der Waals surface area (Å²) >= 11 is 1.00. The Balaban J connectivity index is 1.48. The lowest BCUT2D eigenvalue weighted by atomic mass is 10.0. The van der Waals surface area contributed by atoms with Crippen LogP contribution in [0.1, 0.15) is 24.0 Å². The van der Waals surface area contributed by atoms with Crippen molar-refractivity contribution >= 4 is 28.5 Å². The first-order valence-corrected chi connectivity index (χ1v) is 11.0. The van der Waals surface area contributed by atoms with Crippen LogP contribution in [0.2, 0.25) is 0 Å². The van der Waals surface area contributed by atoms with E-state index in [-0.39, 0.29) is 41.3 Å². The minimum absolute atomic E-state index is 0.108. The monoisotopic (exact) mass is 487 g/mol. The number of nitrogens with zero attached hydrogens (tertiary/aromatic N) is 2. The Morgan fingerprint density at radius 3 is 2.39 bits per heavy atom. The number of terminal acetylenes is 1. The molecule has 0 unspecified atom stereocenters. The fourth-order valence-corrected chi connectivity index (χ4v) is 5.59. The molecule has 0 bridgehead atoms. The third kappa shape index (κ3) is 5.00. The molecule has 1 saturated carbocycles. The van der Waals surface area contributed by atoms with E-state index in [2.05, 4.69) is 16.2 Å². The van der Waals surface area contributed by atoms with Crippen LogP contribution in [0.15, 0.2) is 34.2 Å². The number of nitrogens with one attached hydrogen (secondary N) is 1. The van der Waals surface area contributed by atoms with Gasteiger partial charge in [0.2, 0.25) is 0 Å². The zero-order valence-electron chi connectivity index (χ0n) is 17.1. The second kappa shape index (κ2) is 8.63. The first-order chi connectivity index (χ1) is 15.5. The predicted octanol–water partition coefficient (Wildman–Crippen LogP) is 5.56. The van der Waals surface area contributed by atoms with Gasteiger partial charge in [-0.25, -0.2) is 0 Å². The van der Waals surface area contributed by atoms with Crippen molar-refractivity contribution in [3.05, 3.63) is 40.3 Å². The standard InChI is InChI=1S/C22H19F6N3OS/c1-2-5-29-19-18(33-20(32)30-19)8-12-6-13-10-31(11-14(13)7-12)17-4-3-15(21(23,24)25)9-16(17)22(26,27)28/h1,3-4,8-9,12-14H,5-7,10-11H2,(H,29,30,32)/b18-8-/t12-,13-,14+. The Bertz CT molecular complexity index is 1040. The van der Waals surface area contributed by atoms with Gasteiger partial charge in [0.05, 0.1) is 22.6 Å². The van der Waals surface area contributed by atoms with Crippen molar-refractivity contribution in [3.8, 4) is 12.3 Å². The first kappa shape index (κ1) is 23.5. The molecule has 33 heavy (non-hydrogen) atoms. The number of alkyl halides is 6. The third-order valence-corrected chi connectivity index (χ3v) is 6.95. The van der Waals surface area contributed by atoms with Gasteiger partial charge in [-0.05, 0) is 60.6 Å². The summed E-state index contributed by atoms with van der Waals surface area (Å²) < 4.78 is 79.5. The molecule has 1 aromatic rings. The predicted molar refractivity (Wildman–Crippen MR) is 114 cm³/mol. The van der Waals surface area contributed by atoms with Gasteiger partial charge in [0.25, 0.3) is 0 Å². The highest BCUT2D eigenvalue weighted by Gasteiger charge is 2.44. The van der Waals surface area contributed by atoms with Gasteiger partial charge in [-0.1, -0.05) is 12.0 Å². The molecule has 1 saturated heterocycles. The minimum Gasteiger partial charge on any atom is -0.370 e. The molecule has 1 N–H and O–H groups in total. The molecule has 176 valence electrons. The number of benzene rings is 1. The molecule has 0 spiro atoms. The molecule has 2 aliphatic heterocycles. The van der Waals surface area contributed by atoms with Gasteiger partial charge < -0.3 is 10.2 Å². The number of rotatable bonds is 3. The van der Waals surface area contributed by atoms with E-state index in [0.29, 0.717) is 42.7 Å². The van der Waals surface area contributed by atoms with Gasteiger partial charge in [-0.2, -0.15) is 31.3 Å². The number of hydrogen-bond acceptors (Lipinski definition) is 4. The summed E-state index contributed by atoms with van der Waals surface area (Å²) in [6.45, 7) is 0.895. The maximum atomic E-state index is 13.5. The molecule has 11 heteroatoms. The number of fused-ring (bicyclic) bond motifs is 1. The maximum Gasteiger partial charge on any atom is 0.418 e. The maximum absolute atomic E-state index is 13.5. The highest BCUT2D eigenvalue weighted by Crippen LogP contribution is 2.47. The van der Waals surface area contributed by atoms with Gasteiger partial charge in [-0.3, -0.25) is 4.79 Å². The Kier molecular flexibility index (Phi) is 6.16. The number of aliphatic imine (C=N–C) groups is 1. The molecule has 3 atom stereocenters. The van der Waals surface area contributed by atoms with Crippen molar-refractivity contribution in [2.45, 2.75) is 25.2 Å². The van der Waals surface area contributed by atoms with E-state index in [0.717, 1.165) is 17.8 Å². The molecular weight excluding hydrogens is 468 g/mol. The molecular formula is C22H19F6N3OS. The molecule has 0 aromatic heterocycles. The lowest BCUT2D eigenvalue weighted by Crippen LogP contribution is -2.25. The zero-order chi connectivity index (χ0) is 24.0. The molecule has 4 nitrogen and oxygen atoms in total. The highest BCUT2D eigenvalue weighted by atomic mass is 32.2. The largest absolute Gasteiger partial charge is 0.418 e. The zero-order valence-corrected chi connectivity index (χ0v) is 17.9. The molecule has 1 aliphatic carbocycles. The van der Waals surface area contributed by atoms with Gasteiger partial charge in [0.15, 0.2) is 0 Å². The SMILES string of the molecule is C#CCNC1=NC(=O)S/C1=C\[C@@H]1C[C@@H]2CN(c3ccc(C(F)(F)F)cc3C(F)(F)F)C[C@@H]2C1. The van der Waals surface area contributed by atoms with Crippen molar-refractivity contribution in [2.24, 2.45) is 22.7 Å². The van der Waals surface area contributed by atoms with Crippen molar-refractivity contribution in [3.63, 3.8) is 0 Å². The summed E-state index contributed by atoms with van der Waals surface area (Å²) in [7, 11) is 0. The topological polar surface area (TPSA) is 44.7 Å². The van der Waals surface area contributed by atoms with E-state index >= 15 is 0 Å². The summed E-state index contributed by atoms with van der Waals surface area (Å²) in [5.41, 5.74) is -2.80. The molecule has 2 heterocycles. The number of hydrogen-bond donors (Lipinski definition) is 1. The number of thioether (sulfide) groups is 1. The van der Waals surface area contributed by atoms with E-state index in [9.17, 15) is 31.1 Å². The van der Waals surface area contributed by atoms with Crippen molar-refractivity contribution in [1.29, 1.82) is 0 Å². The van der Waals surface area contributed by atoms with Crippen LogP contribution in [0.5, 0.6) is 0 Å². The van der Waals surface area contributed by atoms with Crippen LogP contribution in [0, 0.1) is 30.1 Å². The Morgan fingerprint density at radius 2 is 1.82 bits per heavy atom. The highest BCUT2D eigenvalue weighted by molar-refractivity contribution is 8.18. The van der Waals surface area contributed by atoms with Crippen LogP contribution in [0.3, 0.4) is 0 Å². The molecule has 2 fully saturated rings. The average molecular weight is 487 g/mol. The van der Waals surface area contributed by atoms with E-state index in [1.54, 1.807) is 0 Å². The molecule has 3 aliphatic rings. The second-order valence-electron chi connectivity index (χ2n) is 8.30. The summed E-state index contributed by atoms with van der Waals surface area (Å²) in [5, 5.41) is 2.57. The van der Waals surface area contributed by atoms with Gasteiger partial charge in [-0.15, -0.1) is 6.42 Å².